The molecule has 146 valence electrons. The highest BCUT2D eigenvalue weighted by atomic mass is 19.3. The Balaban J connectivity index is 1.64. The Labute approximate surface area is 157 Å². The number of hydrogen-bond donors (Lipinski definition) is 1. The molecular weight excluding hydrogens is 330 g/mol. The van der Waals surface area contributed by atoms with Gasteiger partial charge < -0.3 is 5.11 Å². The van der Waals surface area contributed by atoms with Gasteiger partial charge in [-0.2, -0.15) is 0 Å². The Bertz CT molecular complexity index is 582. The smallest absolute Gasteiger partial charge is 0.273 e. The van der Waals surface area contributed by atoms with Crippen molar-refractivity contribution in [3.8, 4) is 0 Å². The number of aliphatic hydroxyl groups excluding tert-OH is 1. The summed E-state index contributed by atoms with van der Waals surface area (Å²) >= 11 is 0. The zero-order valence-corrected chi connectivity index (χ0v) is 16.3. The minimum absolute atomic E-state index is 0.00346. The number of rotatable bonds is 5. The van der Waals surface area contributed by atoms with Gasteiger partial charge in [-0.3, -0.25) is 0 Å². The van der Waals surface area contributed by atoms with Crippen LogP contribution in [0.1, 0.15) is 94.2 Å². The normalized spacial score (nSPS) is 30.3. The molecule has 3 heteroatoms. The summed E-state index contributed by atoms with van der Waals surface area (Å²) in [7, 11) is 0. The van der Waals surface area contributed by atoms with E-state index in [1.807, 2.05) is 12.1 Å². The second kappa shape index (κ2) is 8.37. The number of hydrogen-bond acceptors (Lipinski definition) is 1. The zero-order valence-electron chi connectivity index (χ0n) is 16.3. The molecule has 1 aromatic carbocycles. The predicted octanol–water partition coefficient (Wildman–Crippen LogP) is 6.78. The fourth-order valence-corrected chi connectivity index (χ4v) is 5.23. The minimum atomic E-state index is -2.85. The van der Waals surface area contributed by atoms with E-state index in [4.69, 9.17) is 0 Å². The highest BCUT2D eigenvalue weighted by Crippen LogP contribution is 2.44. The van der Waals surface area contributed by atoms with Gasteiger partial charge in [0, 0.05) is 12.0 Å². The molecule has 0 atom stereocenters. The van der Waals surface area contributed by atoms with Crippen molar-refractivity contribution in [1.29, 1.82) is 0 Å². The lowest BCUT2D eigenvalue weighted by atomic mass is 9.68. The van der Waals surface area contributed by atoms with E-state index in [1.54, 1.807) is 6.07 Å². The first-order valence-corrected chi connectivity index (χ1v) is 10.6. The summed E-state index contributed by atoms with van der Waals surface area (Å²) < 4.78 is 28.2. The van der Waals surface area contributed by atoms with Crippen LogP contribution in [-0.2, 0) is 12.5 Å². The van der Waals surface area contributed by atoms with Gasteiger partial charge in [-0.25, -0.2) is 8.78 Å². The first-order chi connectivity index (χ1) is 12.4. The lowest BCUT2D eigenvalue weighted by Gasteiger charge is -2.37. The molecule has 0 unspecified atom stereocenters. The van der Waals surface area contributed by atoms with Crippen molar-refractivity contribution < 1.29 is 13.9 Å². The van der Waals surface area contributed by atoms with Crippen LogP contribution in [0.15, 0.2) is 18.2 Å². The first-order valence-electron chi connectivity index (χ1n) is 10.6. The average molecular weight is 365 g/mol. The third-order valence-corrected chi connectivity index (χ3v) is 7.11. The molecule has 0 spiro atoms. The van der Waals surface area contributed by atoms with Crippen LogP contribution in [-0.4, -0.2) is 5.11 Å². The number of alkyl halides is 2. The van der Waals surface area contributed by atoms with E-state index in [9.17, 15) is 13.9 Å². The Morgan fingerprint density at radius 3 is 2.08 bits per heavy atom. The highest BCUT2D eigenvalue weighted by Gasteiger charge is 2.33. The highest BCUT2D eigenvalue weighted by molar-refractivity contribution is 5.36. The Hall–Kier alpha value is -0.960. The van der Waals surface area contributed by atoms with E-state index in [-0.39, 0.29) is 18.6 Å². The Morgan fingerprint density at radius 2 is 1.54 bits per heavy atom. The fraction of sp³-hybridized carbons (Fsp3) is 0.739. The van der Waals surface area contributed by atoms with E-state index < -0.39 is 5.92 Å². The third-order valence-electron chi connectivity index (χ3n) is 7.11. The summed E-state index contributed by atoms with van der Waals surface area (Å²) in [5.41, 5.74) is 1.54. The van der Waals surface area contributed by atoms with Crippen LogP contribution in [0.5, 0.6) is 0 Å². The second-order valence-electron chi connectivity index (χ2n) is 8.76. The second-order valence-corrected chi connectivity index (χ2v) is 8.76. The standard InChI is InChI=1S/C23H34F2O/c1-3-23(24,25)22-13-12-20(14-21(22)15-26)19-10-8-18(9-11-19)17-6-4-16(2)5-7-17/h12-14,16-19,26H,3-11,15H2,1-2H3. The molecule has 2 aliphatic rings. The monoisotopic (exact) mass is 364 g/mol. The van der Waals surface area contributed by atoms with Crippen LogP contribution in [0, 0.1) is 17.8 Å². The van der Waals surface area contributed by atoms with Crippen molar-refractivity contribution in [2.75, 3.05) is 0 Å². The molecule has 3 rings (SSSR count). The first kappa shape index (κ1) is 19.8. The molecule has 0 heterocycles. The summed E-state index contributed by atoms with van der Waals surface area (Å²) in [6, 6.07) is 5.27. The number of aliphatic hydroxyl groups is 1. The molecule has 2 saturated carbocycles. The number of benzene rings is 1. The molecule has 0 bridgehead atoms. The van der Waals surface area contributed by atoms with Crippen molar-refractivity contribution in [3.63, 3.8) is 0 Å². The fourth-order valence-electron chi connectivity index (χ4n) is 5.23. The zero-order chi connectivity index (χ0) is 18.7. The maximum atomic E-state index is 14.1. The maximum Gasteiger partial charge on any atom is 0.273 e. The maximum absolute atomic E-state index is 14.1. The van der Waals surface area contributed by atoms with Gasteiger partial charge in [0.15, 0.2) is 0 Å². The van der Waals surface area contributed by atoms with Crippen molar-refractivity contribution >= 4 is 0 Å². The molecule has 1 nitrogen and oxygen atoms in total. The van der Waals surface area contributed by atoms with E-state index in [0.717, 1.165) is 36.2 Å². The molecule has 0 aromatic heterocycles. The van der Waals surface area contributed by atoms with E-state index in [2.05, 4.69) is 6.92 Å². The van der Waals surface area contributed by atoms with Gasteiger partial charge in [0.25, 0.3) is 5.92 Å². The van der Waals surface area contributed by atoms with Crippen molar-refractivity contribution in [3.05, 3.63) is 34.9 Å². The molecule has 1 N–H and O–H groups in total. The summed E-state index contributed by atoms with van der Waals surface area (Å²) in [4.78, 5) is 0. The van der Waals surface area contributed by atoms with Crippen LogP contribution in [0.4, 0.5) is 8.78 Å². The van der Waals surface area contributed by atoms with Crippen LogP contribution in [0.2, 0.25) is 0 Å². The molecule has 2 aliphatic carbocycles. The summed E-state index contributed by atoms with van der Waals surface area (Å²) in [5, 5.41) is 9.60. The molecule has 0 saturated heterocycles. The van der Waals surface area contributed by atoms with Crippen LogP contribution >= 0.6 is 0 Å². The van der Waals surface area contributed by atoms with Crippen LogP contribution in [0.3, 0.4) is 0 Å². The molecule has 2 fully saturated rings. The van der Waals surface area contributed by atoms with Gasteiger partial charge in [-0.05, 0) is 73.3 Å². The molecule has 26 heavy (non-hydrogen) atoms. The minimum Gasteiger partial charge on any atom is -0.392 e. The van der Waals surface area contributed by atoms with Crippen LogP contribution in [0.25, 0.3) is 0 Å². The lowest BCUT2D eigenvalue weighted by molar-refractivity contribution is -0.0102. The van der Waals surface area contributed by atoms with Crippen molar-refractivity contribution in [2.45, 2.75) is 90.1 Å². The Kier molecular flexibility index (Phi) is 6.37. The molecule has 0 amide bonds. The summed E-state index contributed by atoms with van der Waals surface area (Å²) in [5.74, 6) is 0.278. The quantitative estimate of drug-likeness (QED) is 0.610. The van der Waals surface area contributed by atoms with Gasteiger partial charge >= 0.3 is 0 Å². The van der Waals surface area contributed by atoms with E-state index >= 15 is 0 Å². The van der Waals surface area contributed by atoms with Gasteiger partial charge in [-0.15, -0.1) is 0 Å². The van der Waals surface area contributed by atoms with Gasteiger partial charge in [0.05, 0.1) is 6.61 Å². The van der Waals surface area contributed by atoms with Crippen LogP contribution < -0.4 is 0 Å². The SMILES string of the molecule is CCC(F)(F)c1ccc(C2CCC(C3CCC(C)CC3)CC2)cc1CO. The third kappa shape index (κ3) is 4.30. The summed E-state index contributed by atoms with van der Waals surface area (Å²) in [6.45, 7) is 3.55. The van der Waals surface area contributed by atoms with Gasteiger partial charge in [0.2, 0.25) is 0 Å². The molecule has 1 aromatic rings. The predicted molar refractivity (Wildman–Crippen MR) is 102 cm³/mol. The number of halogens is 2. The topological polar surface area (TPSA) is 20.2 Å². The van der Waals surface area contributed by atoms with Gasteiger partial charge in [0.1, 0.15) is 0 Å². The lowest BCUT2D eigenvalue weighted by Crippen LogP contribution is -2.25. The largest absolute Gasteiger partial charge is 0.392 e. The van der Waals surface area contributed by atoms with Crippen molar-refractivity contribution in [1.82, 2.24) is 0 Å². The van der Waals surface area contributed by atoms with E-state index in [0.29, 0.717) is 11.5 Å². The molecule has 0 radical (unpaired) electrons. The van der Waals surface area contributed by atoms with Gasteiger partial charge in [-0.1, -0.05) is 44.9 Å². The molecular formula is C23H34F2O. The van der Waals surface area contributed by atoms with E-state index in [1.165, 1.54) is 45.4 Å². The molecule has 0 aliphatic heterocycles. The Morgan fingerprint density at radius 1 is 0.962 bits per heavy atom. The average Bonchev–Trinajstić information content (AvgIpc) is 2.68. The van der Waals surface area contributed by atoms with Crippen molar-refractivity contribution in [2.24, 2.45) is 17.8 Å². The summed E-state index contributed by atoms with van der Waals surface area (Å²) in [6.07, 6.45) is 10.2.